The zero-order chi connectivity index (χ0) is 48.5. The molecular weight excluding hydrogens is 825 g/mol. The topological polar surface area (TPSA) is 72.8 Å². The van der Waals surface area contributed by atoms with E-state index in [9.17, 15) is 14.7 Å². The Hall–Kier alpha value is -3.18. The molecule has 1 atom stereocenters. The lowest BCUT2D eigenvalue weighted by atomic mass is 10.0. The number of esters is 2. The van der Waals surface area contributed by atoms with Crippen LogP contribution < -0.4 is 0 Å². The Morgan fingerprint density at radius 3 is 0.985 bits per heavy atom. The number of unbranched alkanes of at least 4 members (excludes halogenated alkanes) is 27. The molecule has 0 aromatic heterocycles. The molecule has 0 saturated heterocycles. The van der Waals surface area contributed by atoms with Crippen molar-refractivity contribution < 1.29 is 24.2 Å². The smallest absolute Gasteiger partial charge is 0.306 e. The first-order valence-electron chi connectivity index (χ1n) is 28.3. The van der Waals surface area contributed by atoms with Crippen molar-refractivity contribution in [2.75, 3.05) is 13.2 Å². The summed E-state index contributed by atoms with van der Waals surface area (Å²) in [5, 5.41) is 9.62. The van der Waals surface area contributed by atoms with Crippen LogP contribution in [-0.2, 0) is 19.1 Å². The third kappa shape index (κ3) is 55.3. The highest BCUT2D eigenvalue weighted by Crippen LogP contribution is 2.16. The number of hydrogen-bond acceptors (Lipinski definition) is 5. The molecule has 0 saturated carbocycles. The van der Waals surface area contributed by atoms with Gasteiger partial charge in [-0.2, -0.15) is 0 Å². The summed E-state index contributed by atoms with van der Waals surface area (Å²) in [7, 11) is 0. The lowest BCUT2D eigenvalue weighted by Crippen LogP contribution is -2.28. The first-order valence-corrected chi connectivity index (χ1v) is 28.3. The van der Waals surface area contributed by atoms with Crippen LogP contribution in [0.3, 0.4) is 0 Å². The number of allylic oxidation sites excluding steroid dienone is 16. The molecule has 384 valence electrons. The highest BCUT2D eigenvalue weighted by atomic mass is 16.6. The summed E-state index contributed by atoms with van der Waals surface area (Å²) in [6.07, 6.45) is 81.0. The van der Waals surface area contributed by atoms with Crippen molar-refractivity contribution in [2.24, 2.45) is 0 Å². The fourth-order valence-corrected chi connectivity index (χ4v) is 7.88. The minimum atomic E-state index is -0.777. The molecule has 5 nitrogen and oxygen atoms in total. The van der Waals surface area contributed by atoms with Crippen LogP contribution in [0, 0.1) is 0 Å². The highest BCUT2D eigenvalue weighted by molar-refractivity contribution is 5.70. The Balaban J connectivity index is 3.48. The molecule has 1 N–H and O–H groups in total. The zero-order valence-corrected chi connectivity index (χ0v) is 43.9. The molecule has 0 heterocycles. The van der Waals surface area contributed by atoms with E-state index in [-0.39, 0.29) is 25.2 Å². The lowest BCUT2D eigenvalue weighted by molar-refractivity contribution is -0.161. The van der Waals surface area contributed by atoms with E-state index >= 15 is 0 Å². The first-order chi connectivity index (χ1) is 33.1. The number of carbonyl (C=O) groups excluding carboxylic acids is 2. The maximum atomic E-state index is 12.3. The van der Waals surface area contributed by atoms with Crippen molar-refractivity contribution in [3.05, 3.63) is 97.2 Å². The molecule has 0 aromatic rings. The predicted molar refractivity (Wildman–Crippen MR) is 292 cm³/mol. The largest absolute Gasteiger partial charge is 0.462 e. The van der Waals surface area contributed by atoms with Crippen LogP contribution in [0.4, 0.5) is 0 Å². The predicted octanol–water partition coefficient (Wildman–Crippen LogP) is 19.1. The summed E-state index contributed by atoms with van der Waals surface area (Å²) in [5.41, 5.74) is 0. The van der Waals surface area contributed by atoms with Crippen LogP contribution in [-0.4, -0.2) is 36.4 Å². The summed E-state index contributed by atoms with van der Waals surface area (Å²) in [5.74, 6) is -0.596. The Morgan fingerprint density at radius 2 is 0.642 bits per heavy atom. The minimum Gasteiger partial charge on any atom is -0.462 e. The van der Waals surface area contributed by atoms with Crippen molar-refractivity contribution in [1.82, 2.24) is 0 Å². The monoisotopic (exact) mass is 931 g/mol. The van der Waals surface area contributed by atoms with Crippen molar-refractivity contribution in [2.45, 2.75) is 270 Å². The molecule has 5 heteroatoms. The Kier molecular flexibility index (Phi) is 54.4. The van der Waals surface area contributed by atoms with E-state index in [1.807, 2.05) is 0 Å². The van der Waals surface area contributed by atoms with E-state index in [0.717, 1.165) is 89.9 Å². The summed E-state index contributed by atoms with van der Waals surface area (Å²) in [6.45, 7) is 4.02. The van der Waals surface area contributed by atoms with E-state index in [2.05, 4.69) is 111 Å². The lowest BCUT2D eigenvalue weighted by Gasteiger charge is -2.15. The molecule has 0 radical (unpaired) electrons. The van der Waals surface area contributed by atoms with Gasteiger partial charge in [0.2, 0.25) is 0 Å². The van der Waals surface area contributed by atoms with E-state index in [1.54, 1.807) is 0 Å². The maximum Gasteiger partial charge on any atom is 0.306 e. The van der Waals surface area contributed by atoms with Crippen molar-refractivity contribution >= 4 is 11.9 Å². The van der Waals surface area contributed by atoms with Gasteiger partial charge in [0.15, 0.2) is 6.10 Å². The highest BCUT2D eigenvalue weighted by Gasteiger charge is 2.16. The van der Waals surface area contributed by atoms with E-state index in [4.69, 9.17) is 9.47 Å². The summed E-state index contributed by atoms with van der Waals surface area (Å²) >= 11 is 0. The Bertz CT molecular complexity index is 1280. The molecule has 0 amide bonds. The summed E-state index contributed by atoms with van der Waals surface area (Å²) in [6, 6.07) is 0. The fraction of sp³-hybridized carbons (Fsp3) is 0.710. The molecule has 0 spiro atoms. The number of aliphatic hydroxyl groups is 1. The van der Waals surface area contributed by atoms with Gasteiger partial charge in [-0.1, -0.05) is 252 Å². The van der Waals surface area contributed by atoms with Crippen LogP contribution in [0.25, 0.3) is 0 Å². The van der Waals surface area contributed by atoms with Crippen molar-refractivity contribution in [3.63, 3.8) is 0 Å². The number of ether oxygens (including phenoxy) is 2. The second-order valence-corrected chi connectivity index (χ2v) is 18.6. The quantitative estimate of drug-likeness (QED) is 0.0374. The normalized spacial score (nSPS) is 12.9. The van der Waals surface area contributed by atoms with Gasteiger partial charge in [-0.15, -0.1) is 0 Å². The van der Waals surface area contributed by atoms with Crippen LogP contribution in [0.15, 0.2) is 97.2 Å². The van der Waals surface area contributed by atoms with Gasteiger partial charge in [-0.05, 0) is 96.3 Å². The van der Waals surface area contributed by atoms with Gasteiger partial charge in [-0.3, -0.25) is 9.59 Å². The number of aliphatic hydroxyl groups excluding tert-OH is 1. The molecular formula is C62H106O5. The van der Waals surface area contributed by atoms with Crippen LogP contribution in [0.1, 0.15) is 264 Å². The van der Waals surface area contributed by atoms with E-state index < -0.39 is 6.10 Å². The average Bonchev–Trinajstić information content (AvgIpc) is 3.33. The second kappa shape index (κ2) is 57.1. The van der Waals surface area contributed by atoms with Crippen LogP contribution >= 0.6 is 0 Å². The van der Waals surface area contributed by atoms with Gasteiger partial charge in [0.05, 0.1) is 6.61 Å². The molecule has 0 aromatic carbocycles. The van der Waals surface area contributed by atoms with Gasteiger partial charge >= 0.3 is 11.9 Å². The number of carbonyl (C=O) groups is 2. The SMILES string of the molecule is CC/C=C\C/C=C\C/C=C\C/C=C\C/C=C\C/C=C\C/C=C\CCCCCCCCCCCCCCCCCCCC(=O)OC(CO)COC(=O)CCCCCCC/C=C\CCCCCCC. The molecule has 1 unspecified atom stereocenters. The number of rotatable bonds is 51. The average molecular weight is 932 g/mol. The molecule has 67 heavy (non-hydrogen) atoms. The molecule has 0 fully saturated rings. The van der Waals surface area contributed by atoms with Gasteiger partial charge in [0, 0.05) is 12.8 Å². The maximum absolute atomic E-state index is 12.3. The Labute approximate surface area is 415 Å². The Morgan fingerprint density at radius 1 is 0.358 bits per heavy atom. The van der Waals surface area contributed by atoms with Gasteiger partial charge in [-0.25, -0.2) is 0 Å². The van der Waals surface area contributed by atoms with Crippen molar-refractivity contribution in [3.8, 4) is 0 Å². The van der Waals surface area contributed by atoms with Crippen LogP contribution in [0.5, 0.6) is 0 Å². The minimum absolute atomic E-state index is 0.0706. The van der Waals surface area contributed by atoms with Crippen molar-refractivity contribution in [1.29, 1.82) is 0 Å². The fourth-order valence-electron chi connectivity index (χ4n) is 7.88. The molecule has 0 rings (SSSR count). The number of hydrogen-bond donors (Lipinski definition) is 1. The standard InChI is InChI=1S/C62H106O5/c1-3-5-7-9-11-13-15-17-19-20-21-22-23-24-25-26-27-28-29-30-31-32-33-34-35-36-37-38-39-40-41-42-43-45-47-49-51-53-55-57-62(65)67-60(58-63)59-66-61(64)56-54-52-50-48-46-44-18-16-14-12-10-8-6-4-2/h5,7,11,13,16-19,21-22,24-25,27-28,30-31,60,63H,3-4,6,8-10,12,14-15,20,23,26,29,32-59H2,1-2H3/b7-5-,13-11-,18-16-,19-17-,22-21-,25-24-,28-27-,31-30-. The van der Waals surface area contributed by atoms with Gasteiger partial charge in [0.25, 0.3) is 0 Å². The second-order valence-electron chi connectivity index (χ2n) is 18.6. The third-order valence-electron chi connectivity index (χ3n) is 12.1. The first kappa shape index (κ1) is 63.8. The zero-order valence-electron chi connectivity index (χ0n) is 43.9. The van der Waals surface area contributed by atoms with E-state index in [1.165, 1.54) is 148 Å². The summed E-state index contributed by atoms with van der Waals surface area (Å²) < 4.78 is 10.7. The third-order valence-corrected chi connectivity index (χ3v) is 12.1. The summed E-state index contributed by atoms with van der Waals surface area (Å²) in [4.78, 5) is 24.4. The molecule has 0 aliphatic carbocycles. The van der Waals surface area contributed by atoms with E-state index in [0.29, 0.717) is 12.8 Å². The van der Waals surface area contributed by atoms with Gasteiger partial charge < -0.3 is 14.6 Å². The van der Waals surface area contributed by atoms with Crippen LogP contribution in [0.2, 0.25) is 0 Å². The van der Waals surface area contributed by atoms with Gasteiger partial charge in [0.1, 0.15) is 6.61 Å². The molecule has 0 aliphatic heterocycles. The molecule has 0 aliphatic rings. The molecule has 0 bridgehead atoms.